The zero-order chi connectivity index (χ0) is 21.8. The molecule has 4 aliphatic carbocycles. The first-order chi connectivity index (χ1) is 15.0. The maximum absolute atomic E-state index is 12.4. The first-order valence-corrected chi connectivity index (χ1v) is 13.1. The molecule has 4 aliphatic rings. The van der Waals surface area contributed by atoms with Gasteiger partial charge >= 0.3 is 0 Å². The molecular weight excluding hydrogens is 410 g/mol. The topological polar surface area (TPSA) is 83.5 Å². The van der Waals surface area contributed by atoms with Crippen molar-refractivity contribution in [2.24, 2.45) is 29.6 Å². The molecule has 4 saturated carbocycles. The van der Waals surface area contributed by atoms with Gasteiger partial charge in [0.05, 0.1) is 6.20 Å². The van der Waals surface area contributed by atoms with E-state index in [2.05, 4.69) is 15.6 Å². The summed E-state index contributed by atoms with van der Waals surface area (Å²) in [5.74, 6) is 4.97. The second kappa shape index (κ2) is 10.6. The van der Waals surface area contributed by atoms with Crippen LogP contribution in [-0.4, -0.2) is 47.8 Å². The minimum absolute atomic E-state index is 0.0796. The van der Waals surface area contributed by atoms with Crippen LogP contribution >= 0.6 is 11.3 Å². The number of thiazole rings is 1. The highest BCUT2D eigenvalue weighted by atomic mass is 32.1. The second-order valence-electron chi connectivity index (χ2n) is 10.4. The molecule has 0 aliphatic heterocycles. The van der Waals surface area contributed by atoms with Crippen LogP contribution < -0.4 is 15.4 Å². The van der Waals surface area contributed by atoms with Crippen LogP contribution in [0.4, 0.5) is 0 Å². The summed E-state index contributed by atoms with van der Waals surface area (Å²) in [4.78, 5) is 17.1. The fraction of sp³-hybridized carbons (Fsp3) is 0.833. The fourth-order valence-corrected chi connectivity index (χ4v) is 7.02. The van der Waals surface area contributed by atoms with Crippen LogP contribution in [0, 0.1) is 29.6 Å². The minimum Gasteiger partial charge on any atom is -0.467 e. The van der Waals surface area contributed by atoms with E-state index in [0.717, 1.165) is 42.6 Å². The molecule has 3 N–H and O–H groups in total. The summed E-state index contributed by atoms with van der Waals surface area (Å²) in [6.07, 6.45) is 12.1. The summed E-state index contributed by atoms with van der Waals surface area (Å²) in [6.45, 7) is 5.42. The molecule has 4 fully saturated rings. The lowest BCUT2D eigenvalue weighted by molar-refractivity contribution is -0.0403. The van der Waals surface area contributed by atoms with E-state index in [9.17, 15) is 9.90 Å². The first kappa shape index (κ1) is 23.0. The van der Waals surface area contributed by atoms with Gasteiger partial charge in [-0.3, -0.25) is 4.79 Å². The molecule has 7 heteroatoms. The number of nitrogens with one attached hydrogen (secondary N) is 2. The van der Waals surface area contributed by atoms with E-state index in [1.165, 1.54) is 56.3 Å². The monoisotopic (exact) mass is 449 g/mol. The van der Waals surface area contributed by atoms with E-state index < -0.39 is 6.10 Å². The van der Waals surface area contributed by atoms with Gasteiger partial charge in [0.1, 0.15) is 17.6 Å². The Morgan fingerprint density at radius 3 is 2.58 bits per heavy atom. The predicted octanol–water partition coefficient (Wildman–Crippen LogP) is 3.85. The highest BCUT2D eigenvalue weighted by Gasteiger charge is 2.47. The number of hydrogen-bond acceptors (Lipinski definition) is 6. The van der Waals surface area contributed by atoms with Crippen LogP contribution in [0.3, 0.4) is 0 Å². The Bertz CT molecular complexity index is 695. The summed E-state index contributed by atoms with van der Waals surface area (Å²) >= 11 is 1.23. The second-order valence-corrected chi connectivity index (χ2v) is 11.4. The zero-order valence-electron chi connectivity index (χ0n) is 19.0. The molecule has 0 spiro atoms. The Labute approximate surface area is 190 Å². The van der Waals surface area contributed by atoms with Gasteiger partial charge in [-0.15, -0.1) is 0 Å². The number of carbonyl (C=O) groups excluding carboxylic acids is 1. The van der Waals surface area contributed by atoms with Crippen molar-refractivity contribution in [3.8, 4) is 5.19 Å². The van der Waals surface area contributed by atoms with Crippen LogP contribution in [0.5, 0.6) is 5.19 Å². The third-order valence-electron chi connectivity index (χ3n) is 7.54. The normalized spacial score (nSPS) is 30.0. The third-order valence-corrected chi connectivity index (χ3v) is 8.45. The van der Waals surface area contributed by atoms with Gasteiger partial charge in [-0.25, -0.2) is 4.98 Å². The van der Waals surface area contributed by atoms with Crippen molar-refractivity contribution in [1.29, 1.82) is 0 Å². The molecule has 1 aromatic rings. The molecule has 174 valence electrons. The van der Waals surface area contributed by atoms with E-state index in [1.54, 1.807) is 6.20 Å². The van der Waals surface area contributed by atoms with Crippen LogP contribution in [0.2, 0.25) is 0 Å². The number of unbranched alkanes of at least 4 members (excludes halogenated alkanes) is 1. The smallest absolute Gasteiger partial charge is 0.273 e. The van der Waals surface area contributed by atoms with Crippen molar-refractivity contribution in [3.05, 3.63) is 11.1 Å². The van der Waals surface area contributed by atoms with Crippen molar-refractivity contribution in [3.63, 3.8) is 0 Å². The molecule has 1 aromatic heterocycles. The molecule has 0 saturated heterocycles. The summed E-state index contributed by atoms with van der Waals surface area (Å²) in [7, 11) is 0. The highest BCUT2D eigenvalue weighted by molar-refractivity contribution is 7.15. The molecule has 1 amide bonds. The molecule has 5 rings (SSSR count). The molecule has 1 heterocycles. The average Bonchev–Trinajstić information content (AvgIpc) is 3.21. The lowest BCUT2D eigenvalue weighted by Gasteiger charge is -2.54. The van der Waals surface area contributed by atoms with Gasteiger partial charge in [-0.1, -0.05) is 31.6 Å². The van der Waals surface area contributed by atoms with Gasteiger partial charge in [0.2, 0.25) is 0 Å². The van der Waals surface area contributed by atoms with Gasteiger partial charge in [0, 0.05) is 19.1 Å². The van der Waals surface area contributed by atoms with Crippen molar-refractivity contribution >= 4 is 17.2 Å². The van der Waals surface area contributed by atoms with Crippen LogP contribution in [0.15, 0.2) is 6.20 Å². The number of rotatable bonds is 12. The number of nitrogens with zero attached hydrogens (tertiary/aromatic N) is 1. The number of ether oxygens (including phenoxy) is 1. The van der Waals surface area contributed by atoms with Gasteiger partial charge < -0.3 is 20.5 Å². The highest BCUT2D eigenvalue weighted by Crippen LogP contribution is 2.57. The largest absolute Gasteiger partial charge is 0.467 e. The molecule has 1 unspecified atom stereocenters. The van der Waals surface area contributed by atoms with Crippen LogP contribution in [0.1, 0.15) is 74.9 Å². The number of carbonyl (C=O) groups is 1. The van der Waals surface area contributed by atoms with Crippen molar-refractivity contribution < 1.29 is 14.6 Å². The van der Waals surface area contributed by atoms with E-state index in [0.29, 0.717) is 22.7 Å². The van der Waals surface area contributed by atoms with E-state index in [-0.39, 0.29) is 12.5 Å². The van der Waals surface area contributed by atoms with Gasteiger partial charge in [-0.2, -0.15) is 0 Å². The summed E-state index contributed by atoms with van der Waals surface area (Å²) in [6, 6.07) is 0.317. The van der Waals surface area contributed by atoms with Crippen LogP contribution in [0.25, 0.3) is 0 Å². The third kappa shape index (κ3) is 6.20. The SMILES string of the molecule is CC(C)NCC(O)COc1ncc(C(=O)NCCCCC2C3CC4CC(C3)CC2C4)s1. The molecule has 6 nitrogen and oxygen atoms in total. The average molecular weight is 450 g/mol. The quantitative estimate of drug-likeness (QED) is 0.422. The molecular formula is C24H39N3O3S. The Kier molecular flexibility index (Phi) is 7.88. The summed E-state index contributed by atoms with van der Waals surface area (Å²) in [5.41, 5.74) is 0. The number of hydrogen-bond donors (Lipinski definition) is 3. The van der Waals surface area contributed by atoms with E-state index in [1.807, 2.05) is 13.8 Å². The predicted molar refractivity (Wildman–Crippen MR) is 123 cm³/mol. The summed E-state index contributed by atoms with van der Waals surface area (Å²) in [5, 5.41) is 16.5. The molecule has 1 atom stereocenters. The Hall–Kier alpha value is -1.18. The molecule has 0 radical (unpaired) electrons. The van der Waals surface area contributed by atoms with Crippen molar-refractivity contribution in [2.75, 3.05) is 19.7 Å². The van der Waals surface area contributed by atoms with Gasteiger partial charge in [0.25, 0.3) is 11.1 Å². The maximum atomic E-state index is 12.4. The molecule has 0 aromatic carbocycles. The standard InChI is InChI=1S/C24H39N3O3S/c1-15(2)26-12-20(28)14-30-24-27-13-22(31-24)23(29)25-6-4-3-5-21-18-8-16-7-17(10-18)11-19(21)9-16/h13,15-21,26,28H,3-12,14H2,1-2H3,(H,25,29). The van der Waals surface area contributed by atoms with E-state index in [4.69, 9.17) is 4.74 Å². The van der Waals surface area contributed by atoms with Crippen molar-refractivity contribution in [1.82, 2.24) is 15.6 Å². The lowest BCUT2D eigenvalue weighted by atomic mass is 9.51. The van der Waals surface area contributed by atoms with Crippen molar-refractivity contribution in [2.45, 2.75) is 77.4 Å². The van der Waals surface area contributed by atoms with Crippen LogP contribution in [-0.2, 0) is 0 Å². The Morgan fingerprint density at radius 1 is 1.19 bits per heavy atom. The number of aromatic nitrogens is 1. The fourth-order valence-electron chi connectivity index (χ4n) is 6.33. The van der Waals surface area contributed by atoms with Gasteiger partial charge in [0.15, 0.2) is 0 Å². The zero-order valence-corrected chi connectivity index (χ0v) is 19.8. The first-order valence-electron chi connectivity index (χ1n) is 12.3. The Morgan fingerprint density at radius 2 is 1.90 bits per heavy atom. The Balaban J connectivity index is 1.10. The number of aliphatic hydroxyl groups excluding tert-OH is 1. The van der Waals surface area contributed by atoms with Gasteiger partial charge in [-0.05, 0) is 74.5 Å². The summed E-state index contributed by atoms with van der Waals surface area (Å²) < 4.78 is 5.53. The molecule has 31 heavy (non-hydrogen) atoms. The number of aliphatic hydroxyl groups is 1. The molecule has 4 bridgehead atoms. The lowest BCUT2D eigenvalue weighted by Crippen LogP contribution is -2.45. The minimum atomic E-state index is -0.599. The maximum Gasteiger partial charge on any atom is 0.273 e. The van der Waals surface area contributed by atoms with E-state index >= 15 is 0 Å². The number of amides is 1.